The SMILES string of the molecule is Cc1ccc(C(N)=[NH+]O)cc1. The molecule has 3 heteroatoms. The van der Waals surface area contributed by atoms with Crippen molar-refractivity contribution in [3.05, 3.63) is 35.4 Å². The minimum absolute atomic E-state index is 0.269. The normalized spacial score (nSPS) is 11.5. The molecule has 0 aliphatic carbocycles. The van der Waals surface area contributed by atoms with E-state index in [1.807, 2.05) is 36.3 Å². The van der Waals surface area contributed by atoms with Crippen LogP contribution < -0.4 is 10.9 Å². The number of benzene rings is 1. The molecule has 0 amide bonds. The number of amidine groups is 1. The van der Waals surface area contributed by atoms with Gasteiger partial charge in [-0.2, -0.15) is 0 Å². The van der Waals surface area contributed by atoms with Gasteiger partial charge in [-0.25, -0.2) is 0 Å². The average molecular weight is 151 g/mol. The van der Waals surface area contributed by atoms with Gasteiger partial charge in [-0.3, -0.25) is 5.73 Å². The van der Waals surface area contributed by atoms with E-state index in [2.05, 4.69) is 0 Å². The predicted molar refractivity (Wildman–Crippen MR) is 42.2 cm³/mol. The Morgan fingerprint density at radius 1 is 1.36 bits per heavy atom. The quantitative estimate of drug-likeness (QED) is 0.212. The van der Waals surface area contributed by atoms with E-state index < -0.39 is 0 Å². The lowest BCUT2D eigenvalue weighted by Gasteiger charge is -1.93. The zero-order valence-electron chi connectivity index (χ0n) is 6.33. The van der Waals surface area contributed by atoms with Crippen molar-refractivity contribution >= 4 is 5.84 Å². The van der Waals surface area contributed by atoms with E-state index in [4.69, 9.17) is 10.9 Å². The van der Waals surface area contributed by atoms with Gasteiger partial charge in [0, 0.05) is 0 Å². The van der Waals surface area contributed by atoms with E-state index in [1.165, 1.54) is 5.56 Å². The first-order valence-electron chi connectivity index (χ1n) is 3.33. The average Bonchev–Trinajstić information content (AvgIpc) is 2.05. The van der Waals surface area contributed by atoms with Crippen molar-refractivity contribution in [2.24, 2.45) is 5.73 Å². The first-order chi connectivity index (χ1) is 5.24. The molecule has 0 radical (unpaired) electrons. The fourth-order valence-corrected chi connectivity index (χ4v) is 0.798. The lowest BCUT2D eigenvalue weighted by atomic mass is 10.1. The van der Waals surface area contributed by atoms with Crippen molar-refractivity contribution in [3.63, 3.8) is 0 Å². The lowest BCUT2D eigenvalue weighted by molar-refractivity contribution is -0.737. The first kappa shape index (κ1) is 7.60. The lowest BCUT2D eigenvalue weighted by Crippen LogP contribution is -2.71. The van der Waals surface area contributed by atoms with Crippen LogP contribution in [0.25, 0.3) is 0 Å². The topological polar surface area (TPSA) is 60.2 Å². The Labute approximate surface area is 65.1 Å². The van der Waals surface area contributed by atoms with Crippen LogP contribution in [0.2, 0.25) is 0 Å². The third kappa shape index (κ3) is 1.70. The number of hydrogen-bond donors (Lipinski definition) is 3. The van der Waals surface area contributed by atoms with Gasteiger partial charge in [0.25, 0.3) is 0 Å². The van der Waals surface area contributed by atoms with Crippen molar-refractivity contribution < 1.29 is 10.4 Å². The van der Waals surface area contributed by atoms with Gasteiger partial charge in [-0.05, 0) is 19.1 Å². The molecule has 0 aromatic heterocycles. The summed E-state index contributed by atoms with van der Waals surface area (Å²) in [6.07, 6.45) is 0. The van der Waals surface area contributed by atoms with Gasteiger partial charge < -0.3 is 5.21 Å². The Morgan fingerprint density at radius 3 is 2.36 bits per heavy atom. The second-order valence-electron chi connectivity index (χ2n) is 2.39. The van der Waals surface area contributed by atoms with Gasteiger partial charge in [0.15, 0.2) is 0 Å². The van der Waals surface area contributed by atoms with Crippen LogP contribution in [-0.2, 0) is 0 Å². The molecule has 0 bridgehead atoms. The zero-order valence-corrected chi connectivity index (χ0v) is 6.33. The van der Waals surface area contributed by atoms with E-state index in [0.29, 0.717) is 0 Å². The highest BCUT2D eigenvalue weighted by Crippen LogP contribution is 2.00. The fourth-order valence-electron chi connectivity index (χ4n) is 0.798. The fraction of sp³-hybridized carbons (Fsp3) is 0.125. The highest BCUT2D eigenvalue weighted by molar-refractivity contribution is 5.92. The van der Waals surface area contributed by atoms with Crippen LogP contribution in [0.1, 0.15) is 11.1 Å². The molecule has 0 unspecified atom stereocenters. The molecule has 0 saturated heterocycles. The molecule has 0 fully saturated rings. The van der Waals surface area contributed by atoms with Crippen LogP contribution in [-0.4, -0.2) is 11.0 Å². The summed E-state index contributed by atoms with van der Waals surface area (Å²) in [4.78, 5) is 0. The number of nitrogens with two attached hydrogens (primary N) is 1. The third-order valence-electron chi connectivity index (χ3n) is 1.48. The number of nitrogen functional groups attached to an aromatic ring is 1. The van der Waals surface area contributed by atoms with Crippen molar-refractivity contribution in [3.8, 4) is 0 Å². The zero-order chi connectivity index (χ0) is 8.27. The van der Waals surface area contributed by atoms with Gasteiger partial charge in [0.05, 0.1) is 5.56 Å². The van der Waals surface area contributed by atoms with E-state index in [1.54, 1.807) is 0 Å². The van der Waals surface area contributed by atoms with Crippen molar-refractivity contribution in [2.75, 3.05) is 0 Å². The molecular weight excluding hydrogens is 140 g/mol. The second-order valence-corrected chi connectivity index (χ2v) is 2.39. The summed E-state index contributed by atoms with van der Waals surface area (Å²) in [5, 5.41) is 10.3. The smallest absolute Gasteiger partial charge is 0.311 e. The molecule has 3 nitrogen and oxygen atoms in total. The Kier molecular flexibility index (Phi) is 2.11. The van der Waals surface area contributed by atoms with Crippen LogP contribution in [0.3, 0.4) is 0 Å². The Balaban J connectivity index is 2.99. The van der Waals surface area contributed by atoms with Gasteiger partial charge in [0.2, 0.25) is 0 Å². The Hall–Kier alpha value is -1.51. The van der Waals surface area contributed by atoms with Gasteiger partial charge in [-0.15, -0.1) is 0 Å². The summed E-state index contributed by atoms with van der Waals surface area (Å²) < 4.78 is 0. The molecule has 4 N–H and O–H groups in total. The highest BCUT2D eigenvalue weighted by Gasteiger charge is 2.01. The number of aryl methyl sites for hydroxylation is 1. The van der Waals surface area contributed by atoms with Crippen LogP contribution >= 0.6 is 0 Å². The molecule has 0 spiro atoms. The molecule has 0 aliphatic heterocycles. The van der Waals surface area contributed by atoms with Crippen LogP contribution in [0.4, 0.5) is 0 Å². The van der Waals surface area contributed by atoms with E-state index in [-0.39, 0.29) is 5.84 Å². The molecule has 11 heavy (non-hydrogen) atoms. The standard InChI is InChI=1S/C8H10N2O/c1-6-2-4-7(5-3-6)8(9)10-11/h2-5,11H,1H3,(H2,9,10)/p+1. The summed E-state index contributed by atoms with van der Waals surface area (Å²) in [5.74, 6) is 0.269. The maximum Gasteiger partial charge on any atom is 0.311 e. The van der Waals surface area contributed by atoms with E-state index in [0.717, 1.165) is 5.56 Å². The number of rotatable bonds is 1. The molecule has 0 heterocycles. The molecule has 1 aromatic rings. The van der Waals surface area contributed by atoms with Gasteiger partial charge in [-0.1, -0.05) is 22.9 Å². The first-order valence-corrected chi connectivity index (χ1v) is 3.33. The monoisotopic (exact) mass is 151 g/mol. The number of hydrogen-bond acceptors (Lipinski definition) is 1. The molecule has 0 aliphatic rings. The van der Waals surface area contributed by atoms with Gasteiger partial charge in [0.1, 0.15) is 0 Å². The molecule has 0 atom stereocenters. The van der Waals surface area contributed by atoms with Crippen LogP contribution in [0.15, 0.2) is 24.3 Å². The van der Waals surface area contributed by atoms with Crippen molar-refractivity contribution in [1.29, 1.82) is 0 Å². The van der Waals surface area contributed by atoms with E-state index in [9.17, 15) is 0 Å². The minimum atomic E-state index is 0.269. The van der Waals surface area contributed by atoms with Crippen molar-refractivity contribution in [2.45, 2.75) is 6.92 Å². The predicted octanol–water partition coefficient (Wildman–Crippen LogP) is -0.830. The minimum Gasteiger partial charge on any atom is -0.357 e. The maximum atomic E-state index is 8.45. The maximum absolute atomic E-state index is 8.45. The Morgan fingerprint density at radius 2 is 1.91 bits per heavy atom. The number of nitrogens with one attached hydrogen (secondary N) is 1. The van der Waals surface area contributed by atoms with Crippen LogP contribution in [0.5, 0.6) is 0 Å². The molecule has 58 valence electrons. The molecule has 0 saturated carbocycles. The van der Waals surface area contributed by atoms with Crippen LogP contribution in [0, 0.1) is 6.92 Å². The Bertz CT molecular complexity index is 264. The highest BCUT2D eigenvalue weighted by atomic mass is 16.4. The summed E-state index contributed by atoms with van der Waals surface area (Å²) in [6, 6.07) is 7.54. The van der Waals surface area contributed by atoms with Gasteiger partial charge >= 0.3 is 5.84 Å². The summed E-state index contributed by atoms with van der Waals surface area (Å²) in [7, 11) is 0. The molecule has 1 aromatic carbocycles. The summed E-state index contributed by atoms with van der Waals surface area (Å²) >= 11 is 0. The molecular formula is C8H11N2O+. The summed E-state index contributed by atoms with van der Waals surface area (Å²) in [6.45, 7) is 1.99. The third-order valence-corrected chi connectivity index (χ3v) is 1.48. The van der Waals surface area contributed by atoms with E-state index >= 15 is 0 Å². The summed E-state index contributed by atoms with van der Waals surface area (Å²) in [5.41, 5.74) is 7.36. The van der Waals surface area contributed by atoms with Crippen molar-refractivity contribution in [1.82, 2.24) is 0 Å². The second kappa shape index (κ2) is 3.05. The molecule has 1 rings (SSSR count). The largest absolute Gasteiger partial charge is 0.357 e.